The summed E-state index contributed by atoms with van der Waals surface area (Å²) in [6.07, 6.45) is 3.55. The van der Waals surface area contributed by atoms with Crippen LogP contribution in [0.15, 0.2) is 18.2 Å². The van der Waals surface area contributed by atoms with Crippen LogP contribution in [0.1, 0.15) is 46.1 Å². The Labute approximate surface area is 130 Å². The highest BCUT2D eigenvalue weighted by Crippen LogP contribution is 2.29. The van der Waals surface area contributed by atoms with E-state index in [0.29, 0.717) is 13.2 Å². The molecule has 0 bridgehead atoms. The van der Waals surface area contributed by atoms with Crippen molar-refractivity contribution in [3.05, 3.63) is 23.8 Å². The van der Waals surface area contributed by atoms with Gasteiger partial charge in [-0.3, -0.25) is 0 Å². The van der Waals surface area contributed by atoms with Gasteiger partial charge in [-0.2, -0.15) is 0 Å². The van der Waals surface area contributed by atoms with Crippen molar-refractivity contribution in [3.63, 3.8) is 0 Å². The van der Waals surface area contributed by atoms with Crippen LogP contribution < -0.4 is 14.8 Å². The van der Waals surface area contributed by atoms with Crippen LogP contribution in [0, 0.1) is 5.92 Å². The Morgan fingerprint density at radius 1 is 1.00 bits per heavy atom. The Kier molecular flexibility index (Phi) is 8.91. The molecule has 0 saturated carbocycles. The molecule has 0 heterocycles. The first-order valence-corrected chi connectivity index (χ1v) is 8.30. The van der Waals surface area contributed by atoms with E-state index in [1.807, 2.05) is 19.9 Å². The number of aryl methyl sites for hydroxylation is 1. The first-order chi connectivity index (χ1) is 10.2. The van der Waals surface area contributed by atoms with Gasteiger partial charge in [-0.1, -0.05) is 19.9 Å². The smallest absolute Gasteiger partial charge is 0.161 e. The van der Waals surface area contributed by atoms with Crippen molar-refractivity contribution >= 4 is 0 Å². The molecule has 0 aliphatic carbocycles. The predicted molar refractivity (Wildman–Crippen MR) is 89.4 cm³/mol. The normalized spacial score (nSPS) is 12.2. The summed E-state index contributed by atoms with van der Waals surface area (Å²) in [4.78, 5) is 0. The molecule has 3 heteroatoms. The molecule has 3 nitrogen and oxygen atoms in total. The lowest BCUT2D eigenvalue weighted by atomic mass is 9.98. The molecule has 1 N–H and O–H groups in total. The lowest BCUT2D eigenvalue weighted by Gasteiger charge is -2.14. The SMILES string of the molecule is CCNCCC(C)CCc1ccc(OCC)c(OCC)c1. The van der Waals surface area contributed by atoms with E-state index in [2.05, 4.69) is 31.3 Å². The maximum atomic E-state index is 5.68. The molecular weight excluding hydrogens is 262 g/mol. The molecule has 0 aromatic heterocycles. The summed E-state index contributed by atoms with van der Waals surface area (Å²) in [6.45, 7) is 12.0. The van der Waals surface area contributed by atoms with Crippen LogP contribution >= 0.6 is 0 Å². The lowest BCUT2D eigenvalue weighted by Crippen LogP contribution is -2.16. The Morgan fingerprint density at radius 2 is 1.71 bits per heavy atom. The van der Waals surface area contributed by atoms with Crippen molar-refractivity contribution < 1.29 is 9.47 Å². The standard InChI is InChI=1S/C18H31NO2/c1-5-19-13-12-15(4)8-9-16-10-11-17(20-6-2)18(14-16)21-7-3/h10-11,14-15,19H,5-9,12-13H2,1-4H3. The highest BCUT2D eigenvalue weighted by atomic mass is 16.5. The van der Waals surface area contributed by atoms with E-state index in [1.165, 1.54) is 18.4 Å². The second kappa shape index (κ2) is 10.5. The van der Waals surface area contributed by atoms with Crippen LogP contribution in [-0.4, -0.2) is 26.3 Å². The average Bonchev–Trinajstić information content (AvgIpc) is 2.48. The van der Waals surface area contributed by atoms with E-state index >= 15 is 0 Å². The Balaban J connectivity index is 2.52. The average molecular weight is 293 g/mol. The Morgan fingerprint density at radius 3 is 2.38 bits per heavy atom. The van der Waals surface area contributed by atoms with Crippen molar-refractivity contribution in [2.45, 2.75) is 47.0 Å². The van der Waals surface area contributed by atoms with Gasteiger partial charge in [-0.15, -0.1) is 0 Å². The van der Waals surface area contributed by atoms with Gasteiger partial charge in [0, 0.05) is 0 Å². The molecule has 0 amide bonds. The largest absolute Gasteiger partial charge is 0.490 e. The van der Waals surface area contributed by atoms with Crippen molar-refractivity contribution in [1.82, 2.24) is 5.32 Å². The van der Waals surface area contributed by atoms with E-state index in [4.69, 9.17) is 9.47 Å². The third-order valence-electron chi connectivity index (χ3n) is 3.60. The third-order valence-corrected chi connectivity index (χ3v) is 3.60. The molecule has 120 valence electrons. The quantitative estimate of drug-likeness (QED) is 0.624. The molecule has 0 radical (unpaired) electrons. The van der Waals surface area contributed by atoms with E-state index in [1.54, 1.807) is 0 Å². The van der Waals surface area contributed by atoms with E-state index < -0.39 is 0 Å². The number of hydrogen-bond donors (Lipinski definition) is 1. The molecule has 0 saturated heterocycles. The molecule has 1 aromatic rings. The topological polar surface area (TPSA) is 30.5 Å². The molecule has 1 aromatic carbocycles. The zero-order valence-corrected chi connectivity index (χ0v) is 14.1. The number of ether oxygens (including phenoxy) is 2. The van der Waals surface area contributed by atoms with Gasteiger partial charge in [0.05, 0.1) is 13.2 Å². The van der Waals surface area contributed by atoms with E-state index in [9.17, 15) is 0 Å². The monoisotopic (exact) mass is 293 g/mol. The highest BCUT2D eigenvalue weighted by Gasteiger charge is 2.08. The molecule has 0 spiro atoms. The van der Waals surface area contributed by atoms with Gasteiger partial charge in [0.15, 0.2) is 11.5 Å². The van der Waals surface area contributed by atoms with E-state index in [0.717, 1.165) is 36.9 Å². The minimum atomic E-state index is 0.668. The zero-order chi connectivity index (χ0) is 15.5. The summed E-state index contributed by atoms with van der Waals surface area (Å²) >= 11 is 0. The number of benzene rings is 1. The van der Waals surface area contributed by atoms with Gasteiger partial charge in [-0.25, -0.2) is 0 Å². The first kappa shape index (κ1) is 17.8. The van der Waals surface area contributed by atoms with Gasteiger partial charge in [0.25, 0.3) is 0 Å². The van der Waals surface area contributed by atoms with Crippen LogP contribution in [-0.2, 0) is 6.42 Å². The van der Waals surface area contributed by atoms with Crippen LogP contribution in [0.25, 0.3) is 0 Å². The molecule has 0 aliphatic rings. The van der Waals surface area contributed by atoms with Crippen molar-refractivity contribution in [2.24, 2.45) is 5.92 Å². The summed E-state index contributed by atoms with van der Waals surface area (Å²) in [5.74, 6) is 2.46. The van der Waals surface area contributed by atoms with Crippen molar-refractivity contribution in [3.8, 4) is 11.5 Å². The maximum Gasteiger partial charge on any atom is 0.161 e. The number of rotatable bonds is 11. The predicted octanol–water partition coefficient (Wildman–Crippen LogP) is 4.05. The van der Waals surface area contributed by atoms with Gasteiger partial charge in [-0.05, 0) is 69.8 Å². The van der Waals surface area contributed by atoms with Crippen molar-refractivity contribution in [2.75, 3.05) is 26.3 Å². The second-order valence-corrected chi connectivity index (χ2v) is 5.43. The van der Waals surface area contributed by atoms with Gasteiger partial charge in [0.2, 0.25) is 0 Å². The van der Waals surface area contributed by atoms with Crippen LogP contribution in [0.2, 0.25) is 0 Å². The minimum Gasteiger partial charge on any atom is -0.490 e. The third kappa shape index (κ3) is 6.85. The summed E-state index contributed by atoms with van der Waals surface area (Å²) in [5.41, 5.74) is 1.33. The highest BCUT2D eigenvalue weighted by molar-refractivity contribution is 5.43. The first-order valence-electron chi connectivity index (χ1n) is 8.30. The summed E-state index contributed by atoms with van der Waals surface area (Å²) in [7, 11) is 0. The fraction of sp³-hybridized carbons (Fsp3) is 0.667. The fourth-order valence-corrected chi connectivity index (χ4v) is 2.33. The summed E-state index contributed by atoms with van der Waals surface area (Å²) < 4.78 is 11.3. The Bertz CT molecular complexity index is 393. The fourth-order valence-electron chi connectivity index (χ4n) is 2.33. The molecule has 1 unspecified atom stereocenters. The van der Waals surface area contributed by atoms with Gasteiger partial charge >= 0.3 is 0 Å². The summed E-state index contributed by atoms with van der Waals surface area (Å²) in [6, 6.07) is 6.32. The minimum absolute atomic E-state index is 0.668. The van der Waals surface area contributed by atoms with E-state index in [-0.39, 0.29) is 0 Å². The van der Waals surface area contributed by atoms with Gasteiger partial charge in [0.1, 0.15) is 0 Å². The van der Waals surface area contributed by atoms with Crippen LogP contribution in [0.5, 0.6) is 11.5 Å². The second-order valence-electron chi connectivity index (χ2n) is 5.43. The zero-order valence-electron chi connectivity index (χ0n) is 14.1. The summed E-state index contributed by atoms with van der Waals surface area (Å²) in [5, 5.41) is 3.39. The molecule has 21 heavy (non-hydrogen) atoms. The maximum absolute atomic E-state index is 5.68. The van der Waals surface area contributed by atoms with Crippen molar-refractivity contribution in [1.29, 1.82) is 0 Å². The lowest BCUT2D eigenvalue weighted by molar-refractivity contribution is 0.287. The molecule has 1 atom stereocenters. The Hall–Kier alpha value is -1.22. The molecule has 0 fully saturated rings. The van der Waals surface area contributed by atoms with Gasteiger partial charge < -0.3 is 14.8 Å². The molecule has 0 aliphatic heterocycles. The van der Waals surface area contributed by atoms with Crippen LogP contribution in [0.3, 0.4) is 0 Å². The number of nitrogens with one attached hydrogen (secondary N) is 1. The number of hydrogen-bond acceptors (Lipinski definition) is 3. The van der Waals surface area contributed by atoms with Crippen LogP contribution in [0.4, 0.5) is 0 Å². The molecular formula is C18H31NO2. The molecule has 1 rings (SSSR count).